The van der Waals surface area contributed by atoms with Crippen molar-refractivity contribution in [2.75, 3.05) is 13.1 Å². The molecule has 2 aliphatic rings. The van der Waals surface area contributed by atoms with E-state index < -0.39 is 0 Å². The van der Waals surface area contributed by atoms with E-state index in [1.807, 2.05) is 0 Å². The van der Waals surface area contributed by atoms with Gasteiger partial charge in [-0.2, -0.15) is 0 Å². The second-order valence-corrected chi connectivity index (χ2v) is 6.26. The minimum atomic E-state index is -0.247. The van der Waals surface area contributed by atoms with Crippen LogP contribution in [0.15, 0.2) is 0 Å². The van der Waals surface area contributed by atoms with Crippen LogP contribution in [0.3, 0.4) is 0 Å². The first-order valence-corrected chi connectivity index (χ1v) is 8.30. The maximum atomic E-state index is 12.5. The van der Waals surface area contributed by atoms with E-state index in [0.717, 1.165) is 32.2 Å². The minimum absolute atomic E-state index is 0.0238. The Morgan fingerprint density at radius 1 is 1.10 bits per heavy atom. The van der Waals surface area contributed by atoms with Crippen LogP contribution in [0.5, 0.6) is 0 Å². The van der Waals surface area contributed by atoms with Crippen LogP contribution in [0.4, 0.5) is 0 Å². The fourth-order valence-corrected chi connectivity index (χ4v) is 3.43. The van der Waals surface area contributed by atoms with Crippen molar-refractivity contribution in [2.45, 2.75) is 70.8 Å². The van der Waals surface area contributed by atoms with E-state index in [2.05, 4.69) is 12.2 Å². The van der Waals surface area contributed by atoms with Crippen LogP contribution in [0, 0.1) is 5.92 Å². The molecule has 0 spiro atoms. The highest BCUT2D eigenvalue weighted by atomic mass is 16.2. The van der Waals surface area contributed by atoms with E-state index in [1.165, 1.54) is 32.1 Å². The summed E-state index contributed by atoms with van der Waals surface area (Å²) in [7, 11) is 0. The quantitative estimate of drug-likeness (QED) is 0.760. The van der Waals surface area contributed by atoms with Crippen LogP contribution in [0.1, 0.15) is 64.7 Å². The maximum absolute atomic E-state index is 12.5. The molecule has 1 aliphatic heterocycles. The van der Waals surface area contributed by atoms with E-state index in [-0.39, 0.29) is 24.4 Å². The van der Waals surface area contributed by atoms with Crippen molar-refractivity contribution in [1.82, 2.24) is 10.2 Å². The van der Waals surface area contributed by atoms with E-state index in [0.29, 0.717) is 5.92 Å². The van der Waals surface area contributed by atoms with Gasteiger partial charge in [-0.05, 0) is 25.2 Å². The Bertz CT molecular complexity index is 337. The highest BCUT2D eigenvalue weighted by molar-refractivity contribution is 5.95. The number of nitrogens with one attached hydrogen (secondary N) is 1. The zero-order valence-electron chi connectivity index (χ0n) is 12.7. The van der Waals surface area contributed by atoms with Gasteiger partial charge in [-0.25, -0.2) is 0 Å². The normalized spacial score (nSPS) is 24.9. The lowest BCUT2D eigenvalue weighted by Gasteiger charge is -2.37. The van der Waals surface area contributed by atoms with Gasteiger partial charge in [0.1, 0.15) is 6.04 Å². The first-order valence-electron chi connectivity index (χ1n) is 8.30. The van der Waals surface area contributed by atoms with Gasteiger partial charge in [-0.3, -0.25) is 9.59 Å². The van der Waals surface area contributed by atoms with Crippen molar-refractivity contribution in [2.24, 2.45) is 5.92 Å². The average Bonchev–Trinajstić information content (AvgIpc) is 2.47. The van der Waals surface area contributed by atoms with Gasteiger partial charge in [-0.15, -0.1) is 0 Å². The van der Waals surface area contributed by atoms with Crippen molar-refractivity contribution in [3.8, 4) is 0 Å². The molecule has 0 aromatic carbocycles. The van der Waals surface area contributed by atoms with Crippen LogP contribution >= 0.6 is 0 Å². The van der Waals surface area contributed by atoms with Gasteiger partial charge in [0.2, 0.25) is 11.8 Å². The molecular formula is C16H28N2O2. The van der Waals surface area contributed by atoms with Gasteiger partial charge in [0.05, 0.1) is 6.54 Å². The number of hydrogen-bond donors (Lipinski definition) is 1. The monoisotopic (exact) mass is 280 g/mol. The molecule has 0 bridgehead atoms. The number of unbranched alkanes of at least 4 members (excludes halogenated alkanes) is 3. The van der Waals surface area contributed by atoms with Crippen LogP contribution < -0.4 is 5.32 Å². The third-order valence-corrected chi connectivity index (χ3v) is 4.63. The summed E-state index contributed by atoms with van der Waals surface area (Å²) in [5.41, 5.74) is 0. The third kappa shape index (κ3) is 3.97. The molecule has 1 unspecified atom stereocenters. The maximum Gasteiger partial charge on any atom is 0.245 e. The van der Waals surface area contributed by atoms with Crippen molar-refractivity contribution >= 4 is 11.8 Å². The predicted molar refractivity (Wildman–Crippen MR) is 79.2 cm³/mol. The van der Waals surface area contributed by atoms with Crippen molar-refractivity contribution < 1.29 is 9.59 Å². The number of hydrogen-bond acceptors (Lipinski definition) is 2. The summed E-state index contributed by atoms with van der Waals surface area (Å²) in [4.78, 5) is 26.2. The van der Waals surface area contributed by atoms with Gasteiger partial charge in [0.15, 0.2) is 0 Å². The number of carbonyl (C=O) groups excluding carboxylic acids is 2. The largest absolute Gasteiger partial charge is 0.342 e. The number of carbonyl (C=O) groups is 2. The van der Waals surface area contributed by atoms with Crippen molar-refractivity contribution in [1.29, 1.82) is 0 Å². The van der Waals surface area contributed by atoms with E-state index in [1.54, 1.807) is 4.90 Å². The molecule has 0 aromatic heterocycles. The molecular weight excluding hydrogens is 252 g/mol. The Morgan fingerprint density at radius 3 is 2.55 bits per heavy atom. The molecule has 1 heterocycles. The molecule has 20 heavy (non-hydrogen) atoms. The SMILES string of the molecule is CCCCCCN1CC(=O)NC(C2CCCCC2)C1=O. The highest BCUT2D eigenvalue weighted by Gasteiger charge is 2.37. The van der Waals surface area contributed by atoms with Gasteiger partial charge in [0.25, 0.3) is 0 Å². The van der Waals surface area contributed by atoms with Crippen LogP contribution in [-0.4, -0.2) is 35.8 Å². The fourth-order valence-electron chi connectivity index (χ4n) is 3.43. The first kappa shape index (κ1) is 15.3. The highest BCUT2D eigenvalue weighted by Crippen LogP contribution is 2.28. The Labute approximate surface area is 122 Å². The second-order valence-electron chi connectivity index (χ2n) is 6.26. The standard InChI is InChI=1S/C16H28N2O2/c1-2-3-4-8-11-18-12-14(19)17-15(16(18)20)13-9-6-5-7-10-13/h13,15H,2-12H2,1H3,(H,17,19). The second kappa shape index (κ2) is 7.65. The Kier molecular flexibility index (Phi) is 5.86. The van der Waals surface area contributed by atoms with Gasteiger partial charge < -0.3 is 10.2 Å². The van der Waals surface area contributed by atoms with Gasteiger partial charge in [-0.1, -0.05) is 45.4 Å². The Hall–Kier alpha value is -1.06. The number of nitrogens with zero attached hydrogens (tertiary/aromatic N) is 1. The van der Waals surface area contributed by atoms with Crippen LogP contribution in [-0.2, 0) is 9.59 Å². The topological polar surface area (TPSA) is 49.4 Å². The molecule has 4 nitrogen and oxygen atoms in total. The zero-order valence-corrected chi connectivity index (χ0v) is 12.7. The molecule has 2 fully saturated rings. The summed E-state index contributed by atoms with van der Waals surface area (Å²) in [5.74, 6) is 0.544. The predicted octanol–water partition coefficient (Wildman–Crippen LogP) is 2.47. The summed E-state index contributed by atoms with van der Waals surface area (Å²) >= 11 is 0. The lowest BCUT2D eigenvalue weighted by Crippen LogP contribution is -2.60. The lowest BCUT2D eigenvalue weighted by atomic mass is 9.82. The Balaban J connectivity index is 1.89. The van der Waals surface area contributed by atoms with E-state index in [4.69, 9.17) is 0 Å². The van der Waals surface area contributed by atoms with Crippen molar-refractivity contribution in [3.63, 3.8) is 0 Å². The molecule has 1 saturated carbocycles. The number of rotatable bonds is 6. The summed E-state index contributed by atoms with van der Waals surface area (Å²) < 4.78 is 0. The number of amides is 2. The summed E-state index contributed by atoms with van der Waals surface area (Å²) in [6.07, 6.45) is 10.4. The van der Waals surface area contributed by atoms with Crippen LogP contribution in [0.2, 0.25) is 0 Å². The first-order chi connectivity index (χ1) is 9.72. The molecule has 0 aromatic rings. The van der Waals surface area contributed by atoms with E-state index >= 15 is 0 Å². The molecule has 2 rings (SSSR count). The van der Waals surface area contributed by atoms with Gasteiger partial charge in [0, 0.05) is 6.54 Å². The molecule has 1 N–H and O–H groups in total. The number of piperazine rings is 1. The molecule has 114 valence electrons. The Morgan fingerprint density at radius 2 is 1.85 bits per heavy atom. The minimum Gasteiger partial charge on any atom is -0.342 e. The zero-order chi connectivity index (χ0) is 14.4. The average molecular weight is 280 g/mol. The molecule has 0 radical (unpaired) electrons. The molecule has 4 heteroatoms. The molecule has 2 amide bonds. The van der Waals surface area contributed by atoms with Gasteiger partial charge >= 0.3 is 0 Å². The lowest BCUT2D eigenvalue weighted by molar-refractivity contribution is -0.146. The third-order valence-electron chi connectivity index (χ3n) is 4.63. The fraction of sp³-hybridized carbons (Fsp3) is 0.875. The summed E-state index contributed by atoms with van der Waals surface area (Å²) in [6.45, 7) is 3.18. The molecule has 1 atom stereocenters. The van der Waals surface area contributed by atoms with Crippen molar-refractivity contribution in [3.05, 3.63) is 0 Å². The smallest absolute Gasteiger partial charge is 0.245 e. The van der Waals surface area contributed by atoms with E-state index in [9.17, 15) is 9.59 Å². The summed E-state index contributed by atoms with van der Waals surface area (Å²) in [6, 6.07) is -0.247. The summed E-state index contributed by atoms with van der Waals surface area (Å²) in [5, 5.41) is 2.94. The van der Waals surface area contributed by atoms with Crippen LogP contribution in [0.25, 0.3) is 0 Å². The molecule has 1 saturated heterocycles. The molecule has 1 aliphatic carbocycles.